The molecule has 1 aromatic rings. The number of rotatable bonds is 6. The van der Waals surface area contributed by atoms with E-state index < -0.39 is 0 Å². The van der Waals surface area contributed by atoms with Crippen LogP contribution < -0.4 is 5.32 Å². The van der Waals surface area contributed by atoms with Gasteiger partial charge in [0.2, 0.25) is 17.7 Å². The van der Waals surface area contributed by atoms with Crippen LogP contribution in [0, 0.1) is 5.92 Å². The molecule has 26 heavy (non-hydrogen) atoms. The zero-order valence-electron chi connectivity index (χ0n) is 15.5. The van der Waals surface area contributed by atoms with Crippen molar-refractivity contribution in [1.29, 1.82) is 0 Å². The number of carbonyl (C=O) groups is 3. The standard InChI is InChI=1S/C20H27N3O3/c1-4-18(24)21-17-8-5-15(6-9-17)7-10-19(25)23-13-11-16(12-14-23)20(26)22(2)3/h4-6,8-9,16H,1,7,10-14H2,2-3H3,(H,21,24). The number of likely N-dealkylation sites (tertiary alicyclic amines) is 1. The largest absolute Gasteiger partial charge is 0.349 e. The summed E-state index contributed by atoms with van der Waals surface area (Å²) >= 11 is 0. The van der Waals surface area contributed by atoms with Crippen LogP contribution in [-0.2, 0) is 20.8 Å². The average Bonchev–Trinajstić information content (AvgIpc) is 2.66. The lowest BCUT2D eigenvalue weighted by Gasteiger charge is -2.32. The van der Waals surface area contributed by atoms with Gasteiger partial charge in [-0.1, -0.05) is 18.7 Å². The van der Waals surface area contributed by atoms with E-state index in [1.807, 2.05) is 29.2 Å². The first-order chi connectivity index (χ1) is 12.4. The minimum Gasteiger partial charge on any atom is -0.349 e. The van der Waals surface area contributed by atoms with E-state index in [9.17, 15) is 14.4 Å². The summed E-state index contributed by atoms with van der Waals surface area (Å²) in [7, 11) is 3.54. The molecule has 1 aromatic carbocycles. The fraction of sp³-hybridized carbons (Fsp3) is 0.450. The second-order valence-corrected chi connectivity index (χ2v) is 6.78. The number of benzene rings is 1. The SMILES string of the molecule is C=CC(=O)Nc1ccc(CCC(=O)N2CCC(C(=O)N(C)C)CC2)cc1. The molecule has 0 aromatic heterocycles. The Bertz CT molecular complexity index is 659. The summed E-state index contributed by atoms with van der Waals surface area (Å²) < 4.78 is 0. The highest BCUT2D eigenvalue weighted by atomic mass is 16.2. The lowest BCUT2D eigenvalue weighted by molar-refractivity contribution is -0.139. The highest BCUT2D eigenvalue weighted by molar-refractivity contribution is 5.98. The third kappa shape index (κ3) is 5.44. The van der Waals surface area contributed by atoms with Crippen molar-refractivity contribution >= 4 is 23.4 Å². The van der Waals surface area contributed by atoms with Crippen LogP contribution in [0.15, 0.2) is 36.9 Å². The molecule has 140 valence electrons. The van der Waals surface area contributed by atoms with Gasteiger partial charge >= 0.3 is 0 Å². The van der Waals surface area contributed by atoms with E-state index in [0.717, 1.165) is 18.4 Å². The molecule has 1 aliphatic rings. The molecule has 0 saturated carbocycles. The normalized spacial score (nSPS) is 14.6. The van der Waals surface area contributed by atoms with E-state index >= 15 is 0 Å². The van der Waals surface area contributed by atoms with E-state index in [4.69, 9.17) is 0 Å². The fourth-order valence-corrected chi connectivity index (χ4v) is 3.10. The zero-order valence-corrected chi connectivity index (χ0v) is 15.5. The molecule has 6 heteroatoms. The lowest BCUT2D eigenvalue weighted by atomic mass is 9.95. The van der Waals surface area contributed by atoms with Gasteiger partial charge in [0, 0.05) is 45.2 Å². The lowest BCUT2D eigenvalue weighted by Crippen LogP contribution is -2.42. The Labute approximate surface area is 154 Å². The van der Waals surface area contributed by atoms with E-state index in [1.165, 1.54) is 6.08 Å². The van der Waals surface area contributed by atoms with Crippen LogP contribution in [0.25, 0.3) is 0 Å². The summed E-state index contributed by atoms with van der Waals surface area (Å²) in [5.41, 5.74) is 1.75. The number of hydrogen-bond acceptors (Lipinski definition) is 3. The van der Waals surface area contributed by atoms with Gasteiger partial charge in [-0.3, -0.25) is 14.4 Å². The van der Waals surface area contributed by atoms with Crippen molar-refractivity contribution in [3.05, 3.63) is 42.5 Å². The van der Waals surface area contributed by atoms with E-state index in [2.05, 4.69) is 11.9 Å². The van der Waals surface area contributed by atoms with Gasteiger partial charge in [0.25, 0.3) is 0 Å². The highest BCUT2D eigenvalue weighted by Gasteiger charge is 2.27. The van der Waals surface area contributed by atoms with Gasteiger partial charge in [0.1, 0.15) is 0 Å². The van der Waals surface area contributed by atoms with Crippen molar-refractivity contribution in [2.75, 3.05) is 32.5 Å². The average molecular weight is 357 g/mol. The highest BCUT2D eigenvalue weighted by Crippen LogP contribution is 2.20. The van der Waals surface area contributed by atoms with Crippen molar-refractivity contribution in [2.45, 2.75) is 25.7 Å². The molecule has 2 rings (SSSR count). The number of nitrogens with zero attached hydrogens (tertiary/aromatic N) is 2. The maximum atomic E-state index is 12.4. The molecule has 0 bridgehead atoms. The van der Waals surface area contributed by atoms with Crippen LogP contribution in [0.3, 0.4) is 0 Å². The predicted octanol–water partition coefficient (Wildman–Crippen LogP) is 2.07. The van der Waals surface area contributed by atoms with Gasteiger partial charge in [0.05, 0.1) is 0 Å². The molecule has 1 N–H and O–H groups in total. The number of amides is 3. The first kappa shape index (κ1) is 19.7. The van der Waals surface area contributed by atoms with Crippen LogP contribution >= 0.6 is 0 Å². The fourth-order valence-electron chi connectivity index (χ4n) is 3.10. The zero-order chi connectivity index (χ0) is 19.1. The Morgan fingerprint density at radius 1 is 1.19 bits per heavy atom. The summed E-state index contributed by atoms with van der Waals surface area (Å²) in [6, 6.07) is 7.46. The number of aryl methyl sites for hydroxylation is 1. The first-order valence-electron chi connectivity index (χ1n) is 8.92. The topological polar surface area (TPSA) is 69.7 Å². The number of nitrogens with one attached hydrogen (secondary N) is 1. The Morgan fingerprint density at radius 3 is 2.35 bits per heavy atom. The summed E-state index contributed by atoms with van der Waals surface area (Å²) in [6.45, 7) is 4.71. The second-order valence-electron chi connectivity index (χ2n) is 6.78. The van der Waals surface area contributed by atoms with Crippen LogP contribution in [-0.4, -0.2) is 54.7 Å². The van der Waals surface area contributed by atoms with Gasteiger partial charge in [-0.25, -0.2) is 0 Å². The van der Waals surface area contributed by atoms with Crippen LogP contribution in [0.5, 0.6) is 0 Å². The molecule has 1 saturated heterocycles. The molecule has 6 nitrogen and oxygen atoms in total. The van der Waals surface area contributed by atoms with Crippen molar-refractivity contribution in [2.24, 2.45) is 5.92 Å². The molecular formula is C20H27N3O3. The quantitative estimate of drug-likeness (QED) is 0.793. The van der Waals surface area contributed by atoms with E-state index in [-0.39, 0.29) is 23.6 Å². The summed E-state index contributed by atoms with van der Waals surface area (Å²) in [5.74, 6) is 0.0713. The molecule has 1 aliphatic heterocycles. The van der Waals surface area contributed by atoms with Gasteiger partial charge < -0.3 is 15.1 Å². The van der Waals surface area contributed by atoms with Crippen molar-refractivity contribution in [1.82, 2.24) is 9.80 Å². The van der Waals surface area contributed by atoms with Crippen molar-refractivity contribution < 1.29 is 14.4 Å². The Hall–Kier alpha value is -2.63. The van der Waals surface area contributed by atoms with Crippen LogP contribution in [0.4, 0.5) is 5.69 Å². The molecule has 1 fully saturated rings. The molecule has 1 heterocycles. The predicted molar refractivity (Wildman–Crippen MR) is 102 cm³/mol. The molecule has 0 unspecified atom stereocenters. The Morgan fingerprint density at radius 2 is 1.81 bits per heavy atom. The number of anilines is 1. The molecular weight excluding hydrogens is 330 g/mol. The van der Waals surface area contributed by atoms with E-state index in [1.54, 1.807) is 19.0 Å². The Balaban J connectivity index is 1.78. The third-order valence-corrected chi connectivity index (χ3v) is 4.67. The molecule has 0 spiro atoms. The summed E-state index contributed by atoms with van der Waals surface area (Å²) in [6.07, 6.45) is 3.80. The molecule has 0 radical (unpaired) electrons. The first-order valence-corrected chi connectivity index (χ1v) is 8.92. The maximum Gasteiger partial charge on any atom is 0.247 e. The smallest absolute Gasteiger partial charge is 0.247 e. The minimum atomic E-state index is -0.246. The Kier molecular flexibility index (Phi) is 6.95. The monoisotopic (exact) mass is 357 g/mol. The minimum absolute atomic E-state index is 0.0346. The van der Waals surface area contributed by atoms with Gasteiger partial charge in [-0.2, -0.15) is 0 Å². The maximum absolute atomic E-state index is 12.4. The van der Waals surface area contributed by atoms with E-state index in [0.29, 0.717) is 31.6 Å². The van der Waals surface area contributed by atoms with Crippen molar-refractivity contribution in [3.8, 4) is 0 Å². The molecule has 0 aliphatic carbocycles. The summed E-state index contributed by atoms with van der Waals surface area (Å²) in [5, 5.41) is 2.69. The van der Waals surface area contributed by atoms with Gasteiger partial charge in [-0.05, 0) is 43.0 Å². The van der Waals surface area contributed by atoms with Crippen LogP contribution in [0.1, 0.15) is 24.8 Å². The van der Waals surface area contributed by atoms with Gasteiger partial charge in [0.15, 0.2) is 0 Å². The van der Waals surface area contributed by atoms with Crippen molar-refractivity contribution in [3.63, 3.8) is 0 Å². The number of hydrogen-bond donors (Lipinski definition) is 1. The number of piperidine rings is 1. The van der Waals surface area contributed by atoms with Crippen LogP contribution in [0.2, 0.25) is 0 Å². The molecule has 3 amide bonds. The summed E-state index contributed by atoms with van der Waals surface area (Å²) in [4.78, 5) is 39.1. The number of carbonyl (C=O) groups excluding carboxylic acids is 3. The second kappa shape index (κ2) is 9.17. The van der Waals surface area contributed by atoms with Gasteiger partial charge in [-0.15, -0.1) is 0 Å². The molecule has 0 atom stereocenters. The third-order valence-electron chi connectivity index (χ3n) is 4.67.